The van der Waals surface area contributed by atoms with Crippen LogP contribution in [0.5, 0.6) is 0 Å². The topological polar surface area (TPSA) is 188 Å². The van der Waals surface area contributed by atoms with Gasteiger partial charge in [-0.25, -0.2) is 14.8 Å². The molecule has 0 aliphatic heterocycles. The molecular weight excluding hydrogens is 539 g/mol. The Morgan fingerprint density at radius 1 is 1.15 bits per heavy atom. The number of aliphatic hydroxyl groups excluding tert-OH is 1. The summed E-state index contributed by atoms with van der Waals surface area (Å²) >= 11 is 1.34. The van der Waals surface area contributed by atoms with E-state index in [0.717, 1.165) is 5.82 Å². The third-order valence-electron chi connectivity index (χ3n) is 4.65. The van der Waals surface area contributed by atoms with E-state index in [-0.39, 0.29) is 23.6 Å². The molecule has 2 heterocycles. The number of H-pyrrole nitrogens is 1. The van der Waals surface area contributed by atoms with Crippen LogP contribution in [0, 0.1) is 22.7 Å². The first-order valence-electron chi connectivity index (χ1n) is 11.0. The molecule has 0 unspecified atom stereocenters. The maximum absolute atomic E-state index is 11.3. The van der Waals surface area contributed by atoms with E-state index in [1.807, 2.05) is 0 Å². The number of carbonyl (C=O) groups is 2. The first kappa shape index (κ1) is 30.6. The quantitative estimate of drug-likeness (QED) is 0.189. The monoisotopic (exact) mass is 561 g/mol. The SMILES string of the molecule is CC(=O)Nc1ccc(-c2c(C#N)c(NCCCO)nc(SCc3ncc[nH]3)c2C#N)cc1.O=C(O)C(F)(F)F. The number of pyridine rings is 1. The molecule has 15 heteroatoms. The number of hydrogen-bond donors (Lipinski definition) is 5. The molecule has 0 saturated heterocycles. The first-order valence-corrected chi connectivity index (χ1v) is 12.0. The fraction of sp³-hybridized carbons (Fsp3) is 0.250. The number of hydrogen-bond acceptors (Lipinski definition) is 9. The standard InChI is InChI=1S/C22H21N7O2S.C2HF3O2/c1-14(31)28-16-5-3-15(4-6-16)20-17(11-23)21(27-7-2-10-30)29-22(18(20)12-24)32-13-19-25-8-9-26-19;3-2(4,5)1(6)7/h3-6,8-9,30H,2,7,10,13H2,1H3,(H,25,26)(H,27,29)(H,28,31);(H,6,7). The number of benzene rings is 1. The van der Waals surface area contributed by atoms with Gasteiger partial charge in [0.1, 0.15) is 34.4 Å². The summed E-state index contributed by atoms with van der Waals surface area (Å²) in [5, 5.41) is 42.4. The Morgan fingerprint density at radius 3 is 2.28 bits per heavy atom. The van der Waals surface area contributed by atoms with E-state index < -0.39 is 12.1 Å². The van der Waals surface area contributed by atoms with Crippen LogP contribution in [0.15, 0.2) is 41.7 Å². The number of nitriles is 2. The Kier molecular flexibility index (Phi) is 11.3. The van der Waals surface area contributed by atoms with Gasteiger partial charge in [-0.1, -0.05) is 23.9 Å². The molecule has 0 aliphatic carbocycles. The Bertz CT molecular complexity index is 1370. The molecule has 1 aromatic carbocycles. The number of aromatic amines is 1. The van der Waals surface area contributed by atoms with Crippen LogP contribution in [0.1, 0.15) is 30.3 Å². The van der Waals surface area contributed by atoms with Crippen LogP contribution in [0.4, 0.5) is 24.7 Å². The summed E-state index contributed by atoms with van der Waals surface area (Å²) in [6, 6.07) is 11.3. The van der Waals surface area contributed by atoms with Crippen molar-refractivity contribution in [3.8, 4) is 23.3 Å². The van der Waals surface area contributed by atoms with Crippen LogP contribution < -0.4 is 10.6 Å². The maximum Gasteiger partial charge on any atom is 0.490 e. The summed E-state index contributed by atoms with van der Waals surface area (Å²) in [4.78, 5) is 32.0. The molecular formula is C24H22F3N7O4S. The predicted molar refractivity (Wildman–Crippen MR) is 135 cm³/mol. The minimum absolute atomic E-state index is 0.00271. The van der Waals surface area contributed by atoms with Gasteiger partial charge in [-0.3, -0.25) is 4.79 Å². The fourth-order valence-corrected chi connectivity index (χ4v) is 3.90. The largest absolute Gasteiger partial charge is 0.490 e. The normalized spacial score (nSPS) is 10.4. The third-order valence-corrected chi connectivity index (χ3v) is 5.64. The number of halogens is 3. The number of thioether (sulfide) groups is 1. The van der Waals surface area contributed by atoms with Crippen molar-refractivity contribution < 1.29 is 33.0 Å². The van der Waals surface area contributed by atoms with Crippen molar-refractivity contribution in [3.05, 3.63) is 53.6 Å². The lowest BCUT2D eigenvalue weighted by molar-refractivity contribution is -0.192. The number of alkyl halides is 3. The lowest BCUT2D eigenvalue weighted by atomic mass is 9.96. The van der Waals surface area contributed by atoms with Gasteiger partial charge >= 0.3 is 12.1 Å². The average molecular weight is 562 g/mol. The highest BCUT2D eigenvalue weighted by Gasteiger charge is 2.38. The zero-order chi connectivity index (χ0) is 29.0. The summed E-state index contributed by atoms with van der Waals surface area (Å²) < 4.78 is 31.7. The number of aliphatic hydroxyl groups is 1. The lowest BCUT2D eigenvalue weighted by Gasteiger charge is -2.16. The summed E-state index contributed by atoms with van der Waals surface area (Å²) in [6.45, 7) is 1.85. The highest BCUT2D eigenvalue weighted by Crippen LogP contribution is 2.37. The third kappa shape index (κ3) is 9.03. The molecule has 0 atom stereocenters. The molecule has 0 spiro atoms. The van der Waals surface area contributed by atoms with Crippen molar-refractivity contribution in [2.45, 2.75) is 30.3 Å². The summed E-state index contributed by atoms with van der Waals surface area (Å²) in [7, 11) is 0. The number of imidazole rings is 1. The molecule has 2 aromatic heterocycles. The number of rotatable bonds is 9. The van der Waals surface area contributed by atoms with Gasteiger partial charge in [-0.2, -0.15) is 23.7 Å². The van der Waals surface area contributed by atoms with E-state index in [9.17, 15) is 28.5 Å². The smallest absolute Gasteiger partial charge is 0.475 e. The zero-order valence-corrected chi connectivity index (χ0v) is 21.2. The van der Waals surface area contributed by atoms with Gasteiger partial charge < -0.3 is 25.8 Å². The van der Waals surface area contributed by atoms with E-state index >= 15 is 0 Å². The van der Waals surface area contributed by atoms with Gasteiger partial charge in [0.05, 0.1) is 11.3 Å². The molecule has 5 N–H and O–H groups in total. The van der Waals surface area contributed by atoms with Crippen molar-refractivity contribution in [2.75, 3.05) is 23.8 Å². The fourth-order valence-electron chi connectivity index (χ4n) is 3.02. The molecule has 0 aliphatic rings. The Labute approximate surface area is 224 Å². The second kappa shape index (κ2) is 14.4. The number of carboxylic acids is 1. The molecule has 11 nitrogen and oxygen atoms in total. The molecule has 0 radical (unpaired) electrons. The second-order valence-corrected chi connectivity index (χ2v) is 8.47. The van der Waals surface area contributed by atoms with Gasteiger partial charge in [0.25, 0.3) is 0 Å². The predicted octanol–water partition coefficient (Wildman–Crippen LogP) is 3.89. The van der Waals surface area contributed by atoms with E-state index in [0.29, 0.717) is 46.4 Å². The number of nitrogens with one attached hydrogen (secondary N) is 3. The molecule has 1 amide bonds. The Balaban J connectivity index is 0.000000673. The van der Waals surface area contributed by atoms with Crippen molar-refractivity contribution in [2.24, 2.45) is 0 Å². The molecule has 0 fully saturated rings. The minimum Gasteiger partial charge on any atom is -0.475 e. The lowest BCUT2D eigenvalue weighted by Crippen LogP contribution is -2.21. The van der Waals surface area contributed by atoms with E-state index in [2.05, 4.69) is 37.7 Å². The molecule has 204 valence electrons. The number of amides is 1. The van der Waals surface area contributed by atoms with E-state index in [1.54, 1.807) is 36.7 Å². The number of aromatic nitrogens is 3. The number of aliphatic carboxylic acids is 1. The highest BCUT2D eigenvalue weighted by molar-refractivity contribution is 7.98. The van der Waals surface area contributed by atoms with Crippen molar-refractivity contribution >= 4 is 35.1 Å². The maximum atomic E-state index is 11.3. The van der Waals surface area contributed by atoms with Crippen LogP contribution in [0.2, 0.25) is 0 Å². The minimum atomic E-state index is -5.08. The van der Waals surface area contributed by atoms with E-state index in [1.165, 1.54) is 18.7 Å². The summed E-state index contributed by atoms with van der Waals surface area (Å²) in [6.07, 6.45) is -1.23. The number of anilines is 2. The first-order chi connectivity index (χ1) is 18.5. The Morgan fingerprint density at radius 2 is 1.79 bits per heavy atom. The van der Waals surface area contributed by atoms with E-state index in [4.69, 9.17) is 15.0 Å². The van der Waals surface area contributed by atoms with Crippen molar-refractivity contribution in [3.63, 3.8) is 0 Å². The number of carbonyl (C=O) groups excluding carboxylic acids is 1. The van der Waals surface area contributed by atoms with Crippen LogP contribution in [-0.2, 0) is 15.3 Å². The Hall–Kier alpha value is -4.60. The van der Waals surface area contributed by atoms with Gasteiger partial charge in [-0.15, -0.1) is 0 Å². The van der Waals surface area contributed by atoms with Gasteiger partial charge in [0.15, 0.2) is 0 Å². The van der Waals surface area contributed by atoms with Crippen LogP contribution in [-0.4, -0.2) is 56.4 Å². The van der Waals surface area contributed by atoms with Crippen LogP contribution in [0.3, 0.4) is 0 Å². The molecule has 0 bridgehead atoms. The molecule has 3 aromatic rings. The average Bonchev–Trinajstić information content (AvgIpc) is 3.41. The van der Waals surface area contributed by atoms with Crippen LogP contribution >= 0.6 is 11.8 Å². The van der Waals surface area contributed by atoms with Gasteiger partial charge in [0, 0.05) is 43.7 Å². The van der Waals surface area contributed by atoms with Gasteiger partial charge in [0.2, 0.25) is 5.91 Å². The van der Waals surface area contributed by atoms with Crippen LogP contribution in [0.25, 0.3) is 11.1 Å². The molecule has 0 saturated carbocycles. The summed E-state index contributed by atoms with van der Waals surface area (Å²) in [5.74, 6) is -1.39. The number of nitrogens with zero attached hydrogens (tertiary/aromatic N) is 4. The highest BCUT2D eigenvalue weighted by atomic mass is 32.2. The summed E-state index contributed by atoms with van der Waals surface area (Å²) in [5.41, 5.74) is 2.26. The molecule has 3 rings (SSSR count). The number of carboxylic acid groups (broad SMARTS) is 1. The second-order valence-electron chi connectivity index (χ2n) is 7.50. The zero-order valence-electron chi connectivity index (χ0n) is 20.3. The van der Waals surface area contributed by atoms with Crippen molar-refractivity contribution in [1.82, 2.24) is 15.0 Å². The van der Waals surface area contributed by atoms with Gasteiger partial charge in [-0.05, 0) is 24.1 Å². The van der Waals surface area contributed by atoms with Crippen molar-refractivity contribution in [1.29, 1.82) is 10.5 Å². The molecule has 39 heavy (non-hydrogen) atoms.